The molecule has 7 nitrogen and oxygen atoms in total. The molecule has 3 heterocycles. The van der Waals surface area contributed by atoms with E-state index in [4.69, 9.17) is 9.47 Å². The van der Waals surface area contributed by atoms with Gasteiger partial charge in [-0.05, 0) is 36.6 Å². The summed E-state index contributed by atoms with van der Waals surface area (Å²) in [5.41, 5.74) is 4.45. The molecule has 0 unspecified atom stereocenters. The van der Waals surface area contributed by atoms with E-state index in [1.807, 2.05) is 29.2 Å². The second-order valence-electron chi connectivity index (χ2n) is 10.4. The van der Waals surface area contributed by atoms with Crippen molar-refractivity contribution in [2.24, 2.45) is 13.0 Å². The molecular weight excluding hydrogens is 442 g/mol. The number of carbonyl (C=O) groups excluding carboxylic acids is 1. The normalized spacial score (nSPS) is 21.1. The van der Waals surface area contributed by atoms with Crippen LogP contribution in [0.15, 0.2) is 42.5 Å². The van der Waals surface area contributed by atoms with Crippen molar-refractivity contribution in [1.82, 2.24) is 14.4 Å². The number of aliphatic hydroxyl groups excluding tert-OH is 1. The topological polar surface area (TPSA) is 67.2 Å². The van der Waals surface area contributed by atoms with Gasteiger partial charge in [-0.3, -0.25) is 9.69 Å². The fourth-order valence-corrected chi connectivity index (χ4v) is 6.37. The van der Waals surface area contributed by atoms with Crippen LogP contribution in [0.1, 0.15) is 35.7 Å². The molecule has 1 atom stereocenters. The lowest BCUT2D eigenvalue weighted by Crippen LogP contribution is -2.67. The van der Waals surface area contributed by atoms with Crippen molar-refractivity contribution in [3.05, 3.63) is 59.3 Å². The fourth-order valence-electron chi connectivity index (χ4n) is 6.37. The Kier molecular flexibility index (Phi) is 5.31. The molecule has 2 aromatic carbocycles. The second kappa shape index (κ2) is 8.28. The summed E-state index contributed by atoms with van der Waals surface area (Å²) in [5.74, 6) is 2.20. The van der Waals surface area contributed by atoms with Crippen LogP contribution in [-0.2, 0) is 23.8 Å². The third-order valence-electron chi connectivity index (χ3n) is 8.21. The van der Waals surface area contributed by atoms with E-state index in [9.17, 15) is 9.90 Å². The van der Waals surface area contributed by atoms with Crippen LogP contribution in [0.3, 0.4) is 0 Å². The lowest BCUT2D eigenvalue weighted by atomic mass is 9.68. The maximum absolute atomic E-state index is 12.9. The largest absolute Gasteiger partial charge is 0.497 e. The zero-order valence-corrected chi connectivity index (χ0v) is 20.7. The molecule has 1 saturated carbocycles. The maximum Gasteiger partial charge on any atom is 0.225 e. The van der Waals surface area contributed by atoms with Crippen molar-refractivity contribution < 1.29 is 19.4 Å². The van der Waals surface area contributed by atoms with Crippen LogP contribution in [0.2, 0.25) is 0 Å². The van der Waals surface area contributed by atoms with Gasteiger partial charge in [0.15, 0.2) is 0 Å². The van der Waals surface area contributed by atoms with Crippen molar-refractivity contribution >= 4 is 16.8 Å². The minimum atomic E-state index is -0.165. The summed E-state index contributed by atoms with van der Waals surface area (Å²) in [4.78, 5) is 17.3. The molecule has 0 radical (unpaired) electrons. The molecule has 1 amide bonds. The van der Waals surface area contributed by atoms with Crippen LogP contribution in [0.5, 0.6) is 11.5 Å². The Balaban J connectivity index is 1.46. The standard InChI is InChI=1S/C28H33N3O4/c1-29-22-12-20(34-2)10-11-21(22)25-26(29)23(14-32)30(13-19-6-4-5-7-24(19)35-3)15-28(25)16-31(17-28)27(33)18-8-9-18/h4-7,10-12,18,23,32H,8-9,13-17H2,1-3H3/t23-/m0/s1. The van der Waals surface area contributed by atoms with E-state index in [1.54, 1.807) is 14.2 Å². The molecule has 2 aliphatic heterocycles. The molecule has 7 heteroatoms. The molecule has 1 spiro atoms. The molecule has 1 aliphatic carbocycles. The first-order valence-corrected chi connectivity index (χ1v) is 12.4. The molecule has 184 valence electrons. The number of ether oxygens (including phenoxy) is 2. The van der Waals surface area contributed by atoms with E-state index in [0.717, 1.165) is 60.7 Å². The molecule has 0 bridgehead atoms. The summed E-state index contributed by atoms with van der Waals surface area (Å²) in [6, 6.07) is 14.2. The van der Waals surface area contributed by atoms with Gasteiger partial charge in [-0.15, -0.1) is 0 Å². The lowest BCUT2D eigenvalue weighted by molar-refractivity contribution is -0.142. The van der Waals surface area contributed by atoms with Crippen LogP contribution in [0.25, 0.3) is 10.9 Å². The number of aryl methyl sites for hydroxylation is 1. The van der Waals surface area contributed by atoms with Gasteiger partial charge in [-0.1, -0.05) is 18.2 Å². The number of hydrogen-bond acceptors (Lipinski definition) is 5. The average Bonchev–Trinajstić information content (AvgIpc) is 3.67. The van der Waals surface area contributed by atoms with Gasteiger partial charge < -0.3 is 24.0 Å². The van der Waals surface area contributed by atoms with Gasteiger partial charge in [-0.2, -0.15) is 0 Å². The number of nitrogens with zero attached hydrogens (tertiary/aromatic N) is 3. The summed E-state index contributed by atoms with van der Waals surface area (Å²) in [6.45, 7) is 2.91. The second-order valence-corrected chi connectivity index (χ2v) is 10.4. The van der Waals surface area contributed by atoms with Crippen molar-refractivity contribution in [3.63, 3.8) is 0 Å². The number of aliphatic hydroxyl groups is 1. The minimum absolute atomic E-state index is 0.0181. The molecule has 1 aromatic heterocycles. The third kappa shape index (κ3) is 3.44. The number of fused-ring (bicyclic) bond motifs is 4. The first-order valence-electron chi connectivity index (χ1n) is 12.4. The Morgan fingerprint density at radius 3 is 2.54 bits per heavy atom. The Morgan fingerprint density at radius 1 is 1.09 bits per heavy atom. The zero-order valence-electron chi connectivity index (χ0n) is 20.7. The number of methoxy groups -OCH3 is 2. The number of para-hydroxylation sites is 1. The van der Waals surface area contributed by atoms with Crippen LogP contribution < -0.4 is 9.47 Å². The Labute approximate surface area is 205 Å². The SMILES string of the molecule is COc1ccc2c3c(n(C)c2c1)[C@H](CO)N(Cc1ccccc1OC)CC31CN(C(=O)C2CC2)C1. The summed E-state index contributed by atoms with van der Waals surface area (Å²) in [7, 11) is 5.46. The van der Waals surface area contributed by atoms with Crippen LogP contribution >= 0.6 is 0 Å². The predicted molar refractivity (Wildman–Crippen MR) is 134 cm³/mol. The highest BCUT2D eigenvalue weighted by atomic mass is 16.5. The van der Waals surface area contributed by atoms with Gasteiger partial charge in [0, 0.05) is 67.3 Å². The highest BCUT2D eigenvalue weighted by Crippen LogP contribution is 2.51. The fraction of sp³-hybridized carbons (Fsp3) is 0.464. The zero-order chi connectivity index (χ0) is 24.3. The quantitative estimate of drug-likeness (QED) is 0.593. The van der Waals surface area contributed by atoms with Gasteiger partial charge in [0.25, 0.3) is 0 Å². The van der Waals surface area contributed by atoms with E-state index in [2.05, 4.69) is 34.7 Å². The van der Waals surface area contributed by atoms with E-state index in [0.29, 0.717) is 12.5 Å². The first-order chi connectivity index (χ1) is 17.0. The average molecular weight is 476 g/mol. The Hall–Kier alpha value is -3.03. The lowest BCUT2D eigenvalue weighted by Gasteiger charge is -2.56. The number of carbonyl (C=O) groups is 1. The van der Waals surface area contributed by atoms with E-state index < -0.39 is 0 Å². The number of benzene rings is 2. The van der Waals surface area contributed by atoms with Crippen molar-refractivity contribution in [2.45, 2.75) is 30.8 Å². The summed E-state index contributed by atoms with van der Waals surface area (Å²) in [6.07, 6.45) is 2.04. The predicted octanol–water partition coefficient (Wildman–Crippen LogP) is 3.23. The van der Waals surface area contributed by atoms with E-state index in [1.165, 1.54) is 10.9 Å². The minimum Gasteiger partial charge on any atom is -0.497 e. The number of rotatable bonds is 6. The summed E-state index contributed by atoms with van der Waals surface area (Å²) in [5, 5.41) is 11.9. The maximum atomic E-state index is 12.9. The molecular formula is C28H33N3O4. The Bertz CT molecular complexity index is 1290. The molecule has 1 N–H and O–H groups in total. The van der Waals surface area contributed by atoms with Crippen LogP contribution in [0.4, 0.5) is 0 Å². The van der Waals surface area contributed by atoms with Gasteiger partial charge in [-0.25, -0.2) is 0 Å². The summed E-state index contributed by atoms with van der Waals surface area (Å²) >= 11 is 0. The van der Waals surface area contributed by atoms with Gasteiger partial charge >= 0.3 is 0 Å². The van der Waals surface area contributed by atoms with Gasteiger partial charge in [0.2, 0.25) is 5.91 Å². The number of hydrogen-bond donors (Lipinski definition) is 1. The smallest absolute Gasteiger partial charge is 0.225 e. The van der Waals surface area contributed by atoms with Gasteiger partial charge in [0.05, 0.1) is 32.4 Å². The van der Waals surface area contributed by atoms with Crippen LogP contribution in [-0.4, -0.2) is 65.8 Å². The number of amides is 1. The molecule has 1 saturated heterocycles. The third-order valence-corrected chi connectivity index (χ3v) is 8.21. The van der Waals surface area contributed by atoms with Gasteiger partial charge in [0.1, 0.15) is 11.5 Å². The molecule has 6 rings (SSSR count). The highest BCUT2D eigenvalue weighted by Gasteiger charge is 2.55. The van der Waals surface area contributed by atoms with E-state index >= 15 is 0 Å². The highest BCUT2D eigenvalue weighted by molar-refractivity contribution is 5.90. The van der Waals surface area contributed by atoms with Crippen molar-refractivity contribution in [3.8, 4) is 11.5 Å². The monoisotopic (exact) mass is 475 g/mol. The van der Waals surface area contributed by atoms with E-state index in [-0.39, 0.29) is 24.0 Å². The Morgan fingerprint density at radius 2 is 1.86 bits per heavy atom. The molecule has 3 aliphatic rings. The first kappa shape index (κ1) is 22.4. The van der Waals surface area contributed by atoms with Crippen molar-refractivity contribution in [2.75, 3.05) is 40.5 Å². The summed E-state index contributed by atoms with van der Waals surface area (Å²) < 4.78 is 13.4. The molecule has 3 aromatic rings. The number of likely N-dealkylation sites (tertiary alicyclic amines) is 1. The van der Waals surface area contributed by atoms with Crippen molar-refractivity contribution in [1.29, 1.82) is 0 Å². The molecule has 2 fully saturated rings. The number of aromatic nitrogens is 1. The molecule has 35 heavy (non-hydrogen) atoms. The van der Waals surface area contributed by atoms with Crippen LogP contribution in [0, 0.1) is 5.92 Å².